The van der Waals surface area contributed by atoms with Gasteiger partial charge in [-0.3, -0.25) is 4.99 Å². The lowest BCUT2D eigenvalue weighted by atomic mass is 10.2. The van der Waals surface area contributed by atoms with Crippen molar-refractivity contribution < 1.29 is 4.39 Å². The van der Waals surface area contributed by atoms with Crippen LogP contribution in [0, 0.1) is 5.82 Å². The molecule has 1 aromatic heterocycles. The molecule has 0 atom stereocenters. The van der Waals surface area contributed by atoms with Crippen LogP contribution < -0.4 is 0 Å². The summed E-state index contributed by atoms with van der Waals surface area (Å²) in [5.74, 6) is -0.784. The van der Waals surface area contributed by atoms with Gasteiger partial charge in [-0.2, -0.15) is 0 Å². The van der Waals surface area contributed by atoms with E-state index in [1.54, 1.807) is 0 Å². The Bertz CT molecular complexity index is 431. The second kappa shape index (κ2) is 5.39. The first kappa shape index (κ1) is 12.4. The second-order valence-corrected chi connectivity index (χ2v) is 3.28. The number of hydrogen-bond acceptors (Lipinski definition) is 3. The van der Waals surface area contributed by atoms with E-state index >= 15 is 0 Å². The number of aromatic nitrogens is 1. The molecule has 0 amide bonds. The highest BCUT2D eigenvalue weighted by atomic mass is 35.5. The van der Waals surface area contributed by atoms with Crippen LogP contribution in [0.3, 0.4) is 0 Å². The molecule has 7 heteroatoms. The summed E-state index contributed by atoms with van der Waals surface area (Å²) in [6.07, 6.45) is 1.28. The molecule has 0 aliphatic rings. The van der Waals surface area contributed by atoms with Crippen LogP contribution in [0.5, 0.6) is 0 Å². The van der Waals surface area contributed by atoms with Crippen molar-refractivity contribution in [1.82, 2.24) is 4.98 Å². The van der Waals surface area contributed by atoms with Crippen molar-refractivity contribution in [1.29, 1.82) is 0 Å². The van der Waals surface area contributed by atoms with Crippen molar-refractivity contribution in [3.05, 3.63) is 22.7 Å². The lowest BCUT2D eigenvalue weighted by Gasteiger charge is -2.04. The molecule has 0 unspecified atom stereocenters. The molecule has 1 aromatic rings. The zero-order chi connectivity index (χ0) is 11.4. The normalized spacial score (nSPS) is 12.5. The summed E-state index contributed by atoms with van der Waals surface area (Å²) < 4.78 is 13.5. The Labute approximate surface area is 101 Å². The van der Waals surface area contributed by atoms with Gasteiger partial charge in [-0.1, -0.05) is 34.8 Å². The van der Waals surface area contributed by atoms with E-state index in [0.717, 1.165) is 5.67 Å². The van der Waals surface area contributed by atoms with Crippen LogP contribution in [-0.4, -0.2) is 22.9 Å². The van der Waals surface area contributed by atoms with E-state index in [9.17, 15) is 4.39 Å². The third-order valence-electron chi connectivity index (χ3n) is 1.55. The average Bonchev–Trinajstić information content (AvgIpc) is 2.24. The number of halogens is 4. The number of pyridine rings is 1. The molecule has 0 fully saturated rings. The Kier molecular flexibility index (Phi) is 4.45. The molecule has 1 rings (SSSR count). The summed E-state index contributed by atoms with van der Waals surface area (Å²) in [5.41, 5.74) is 1.07. The summed E-state index contributed by atoms with van der Waals surface area (Å²) >= 11 is 16.5. The quantitative estimate of drug-likeness (QED) is 0.598. The third-order valence-corrected chi connectivity index (χ3v) is 2.28. The molecule has 0 N–H and O–H groups in total. The van der Waals surface area contributed by atoms with Crippen molar-refractivity contribution in [2.75, 3.05) is 7.05 Å². The highest BCUT2D eigenvalue weighted by Gasteiger charge is 2.15. The summed E-state index contributed by atoms with van der Waals surface area (Å²) in [4.78, 5) is 10.9. The molecule has 15 heavy (non-hydrogen) atoms. The number of hydrogen-bond donors (Lipinski definition) is 0. The minimum atomic E-state index is -0.784. The maximum Gasteiger partial charge on any atom is 0.186 e. The van der Waals surface area contributed by atoms with Crippen LogP contribution in [0.4, 0.5) is 10.1 Å². The van der Waals surface area contributed by atoms with E-state index in [4.69, 9.17) is 34.8 Å². The van der Waals surface area contributed by atoms with Crippen LogP contribution in [-0.2, 0) is 0 Å². The second-order valence-electron chi connectivity index (χ2n) is 2.37. The topological polar surface area (TPSA) is 37.6 Å². The van der Waals surface area contributed by atoms with E-state index in [0.29, 0.717) is 0 Å². The van der Waals surface area contributed by atoms with E-state index in [-0.39, 0.29) is 21.6 Å². The molecule has 1 heterocycles. The first-order valence-electron chi connectivity index (χ1n) is 3.71. The van der Waals surface area contributed by atoms with Crippen LogP contribution >= 0.6 is 34.8 Å². The zero-order valence-electron chi connectivity index (χ0n) is 7.51. The minimum Gasteiger partial charge on any atom is -0.276 e. The number of aliphatic imine (C=N–C) groups is 2. The standard InChI is InChI=1S/C8H5Cl3FN3/c1-13-7(10)4-2-14-8(11)5(12)6(4)15-3-9/h2-3H,1H3. The van der Waals surface area contributed by atoms with E-state index < -0.39 is 5.82 Å². The van der Waals surface area contributed by atoms with Crippen molar-refractivity contribution in [3.8, 4) is 0 Å². The molecule has 80 valence electrons. The van der Waals surface area contributed by atoms with Gasteiger partial charge in [-0.25, -0.2) is 14.4 Å². The molecule has 0 saturated carbocycles. The third kappa shape index (κ3) is 2.65. The van der Waals surface area contributed by atoms with Crippen molar-refractivity contribution in [2.24, 2.45) is 9.98 Å². The maximum atomic E-state index is 13.5. The smallest absolute Gasteiger partial charge is 0.186 e. The van der Waals surface area contributed by atoms with Crippen molar-refractivity contribution >= 4 is 51.3 Å². The predicted molar refractivity (Wildman–Crippen MR) is 61.5 cm³/mol. The monoisotopic (exact) mass is 267 g/mol. The van der Waals surface area contributed by atoms with Gasteiger partial charge in [0.05, 0.1) is 11.2 Å². The van der Waals surface area contributed by atoms with Gasteiger partial charge in [-0.05, 0) is 0 Å². The van der Waals surface area contributed by atoms with Gasteiger partial charge in [0.15, 0.2) is 11.0 Å². The van der Waals surface area contributed by atoms with Crippen LogP contribution in [0.15, 0.2) is 16.2 Å². The molecular formula is C8H5Cl3FN3. The molecule has 0 aliphatic carbocycles. The summed E-state index contributed by atoms with van der Waals surface area (Å²) in [5, 5.41) is -0.216. The minimum absolute atomic E-state index is 0.0790. The van der Waals surface area contributed by atoms with Gasteiger partial charge in [-0.15, -0.1) is 0 Å². The van der Waals surface area contributed by atoms with Gasteiger partial charge in [0.2, 0.25) is 0 Å². The fourth-order valence-corrected chi connectivity index (χ4v) is 1.28. The van der Waals surface area contributed by atoms with Gasteiger partial charge in [0.25, 0.3) is 0 Å². The van der Waals surface area contributed by atoms with E-state index in [2.05, 4.69) is 15.0 Å². The Morgan fingerprint density at radius 2 is 2.27 bits per heavy atom. The largest absolute Gasteiger partial charge is 0.276 e. The van der Waals surface area contributed by atoms with E-state index in [1.807, 2.05) is 0 Å². The molecule has 0 saturated heterocycles. The maximum absolute atomic E-state index is 13.5. The van der Waals surface area contributed by atoms with Crippen molar-refractivity contribution in [2.45, 2.75) is 0 Å². The van der Waals surface area contributed by atoms with Crippen LogP contribution in [0.2, 0.25) is 5.15 Å². The van der Waals surface area contributed by atoms with Crippen LogP contribution in [0.1, 0.15) is 5.56 Å². The highest BCUT2D eigenvalue weighted by molar-refractivity contribution is 6.70. The zero-order valence-corrected chi connectivity index (χ0v) is 9.78. The molecule has 3 nitrogen and oxygen atoms in total. The summed E-state index contributed by atoms with van der Waals surface area (Å²) in [6, 6.07) is 0. The fourth-order valence-electron chi connectivity index (χ4n) is 0.901. The first-order chi connectivity index (χ1) is 7.11. The average molecular weight is 269 g/mol. The Balaban J connectivity index is 3.46. The molecule has 0 aliphatic heterocycles. The highest BCUT2D eigenvalue weighted by Crippen LogP contribution is 2.28. The molecule has 0 radical (unpaired) electrons. The van der Waals surface area contributed by atoms with Gasteiger partial charge < -0.3 is 0 Å². The Hall–Kier alpha value is -0.710. The predicted octanol–water partition coefficient (Wildman–Crippen LogP) is 3.39. The number of rotatable bonds is 2. The lowest BCUT2D eigenvalue weighted by Crippen LogP contribution is -1.97. The van der Waals surface area contributed by atoms with Crippen LogP contribution in [0.25, 0.3) is 0 Å². The summed E-state index contributed by atoms with van der Waals surface area (Å²) in [7, 11) is 1.46. The molecule has 0 bridgehead atoms. The SMILES string of the molecule is CN=C(Cl)c1cnc(Cl)c(F)c1N=CCl. The molecule has 0 aromatic carbocycles. The fraction of sp³-hybridized carbons (Fsp3) is 0.125. The number of nitrogens with zero attached hydrogens (tertiary/aromatic N) is 3. The molecule has 0 spiro atoms. The first-order valence-corrected chi connectivity index (χ1v) is 4.90. The summed E-state index contributed by atoms with van der Waals surface area (Å²) in [6.45, 7) is 0. The van der Waals surface area contributed by atoms with Gasteiger partial charge in [0, 0.05) is 13.2 Å². The molecular weight excluding hydrogens is 263 g/mol. The van der Waals surface area contributed by atoms with Gasteiger partial charge >= 0.3 is 0 Å². The Morgan fingerprint density at radius 1 is 1.60 bits per heavy atom. The Morgan fingerprint density at radius 3 is 2.80 bits per heavy atom. The van der Waals surface area contributed by atoms with Gasteiger partial charge in [0.1, 0.15) is 10.9 Å². The van der Waals surface area contributed by atoms with E-state index in [1.165, 1.54) is 13.2 Å². The lowest BCUT2D eigenvalue weighted by molar-refractivity contribution is 0.624. The van der Waals surface area contributed by atoms with Crippen molar-refractivity contribution in [3.63, 3.8) is 0 Å².